The van der Waals surface area contributed by atoms with E-state index in [1.54, 1.807) is 48.5 Å². The molecule has 8 heteroatoms. The topological polar surface area (TPSA) is 59.1 Å². The Hall–Kier alpha value is -3.29. The fraction of sp³-hybridized carbons (Fsp3) is 0.273. The number of halogens is 3. The predicted octanol–water partition coefficient (Wildman–Crippen LogP) is 6.47. The van der Waals surface area contributed by atoms with E-state index in [4.69, 9.17) is 4.74 Å². The van der Waals surface area contributed by atoms with Crippen LogP contribution in [0.1, 0.15) is 30.9 Å². The number of hydrogen-bond donors (Lipinski definition) is 2. The molecule has 1 heterocycles. The quantitative estimate of drug-likeness (QED) is 0.412. The van der Waals surface area contributed by atoms with Crippen LogP contribution in [0.4, 0.5) is 36.3 Å². The molecule has 0 aliphatic heterocycles. The molecule has 158 valence electrons. The van der Waals surface area contributed by atoms with Gasteiger partial charge in [-0.1, -0.05) is 31.0 Å². The molecule has 0 amide bonds. The van der Waals surface area contributed by atoms with Gasteiger partial charge in [-0.2, -0.15) is 18.2 Å². The summed E-state index contributed by atoms with van der Waals surface area (Å²) in [5, 5.41) is 5.67. The minimum Gasteiger partial charge on any atom is -0.494 e. The van der Waals surface area contributed by atoms with Crippen molar-refractivity contribution in [2.75, 3.05) is 17.2 Å². The molecule has 0 atom stereocenters. The molecule has 0 radical (unpaired) electrons. The molecule has 0 spiro atoms. The van der Waals surface area contributed by atoms with E-state index < -0.39 is 11.7 Å². The SMILES string of the molecule is CCCCOc1ccc(Nc2ncc(C(F)(F)F)c(Nc3ccc(C)cc3)n2)cc1. The zero-order valence-corrected chi connectivity index (χ0v) is 16.8. The van der Waals surface area contributed by atoms with Gasteiger partial charge in [0.2, 0.25) is 5.95 Å². The Morgan fingerprint density at radius 2 is 1.57 bits per heavy atom. The zero-order chi connectivity index (χ0) is 21.6. The van der Waals surface area contributed by atoms with Crippen LogP contribution in [0.2, 0.25) is 0 Å². The summed E-state index contributed by atoms with van der Waals surface area (Å²) in [6, 6.07) is 14.1. The van der Waals surface area contributed by atoms with E-state index in [-0.39, 0.29) is 11.8 Å². The lowest BCUT2D eigenvalue weighted by Crippen LogP contribution is -2.12. The van der Waals surface area contributed by atoms with Crippen LogP contribution in [0.5, 0.6) is 5.75 Å². The first kappa shape index (κ1) is 21.4. The van der Waals surface area contributed by atoms with E-state index in [9.17, 15) is 13.2 Å². The van der Waals surface area contributed by atoms with Gasteiger partial charge >= 0.3 is 6.18 Å². The van der Waals surface area contributed by atoms with E-state index in [0.29, 0.717) is 18.0 Å². The first-order valence-corrected chi connectivity index (χ1v) is 9.63. The fourth-order valence-electron chi connectivity index (χ4n) is 2.62. The molecule has 0 bridgehead atoms. The number of nitrogens with one attached hydrogen (secondary N) is 2. The summed E-state index contributed by atoms with van der Waals surface area (Å²) in [4.78, 5) is 7.88. The Balaban J connectivity index is 1.79. The summed E-state index contributed by atoms with van der Waals surface area (Å²) in [6.45, 7) is 4.62. The van der Waals surface area contributed by atoms with Crippen LogP contribution in [0.15, 0.2) is 54.7 Å². The second-order valence-corrected chi connectivity index (χ2v) is 6.80. The Morgan fingerprint density at radius 3 is 2.20 bits per heavy atom. The number of rotatable bonds is 8. The van der Waals surface area contributed by atoms with Gasteiger partial charge in [-0.3, -0.25) is 0 Å². The molecule has 0 unspecified atom stereocenters. The van der Waals surface area contributed by atoms with Gasteiger partial charge in [0, 0.05) is 17.6 Å². The van der Waals surface area contributed by atoms with E-state index in [0.717, 1.165) is 30.4 Å². The van der Waals surface area contributed by atoms with Crippen molar-refractivity contribution in [1.82, 2.24) is 9.97 Å². The van der Waals surface area contributed by atoms with E-state index in [2.05, 4.69) is 27.5 Å². The van der Waals surface area contributed by atoms with Gasteiger partial charge in [0.25, 0.3) is 0 Å². The third-order valence-electron chi connectivity index (χ3n) is 4.29. The highest BCUT2D eigenvalue weighted by Gasteiger charge is 2.35. The van der Waals surface area contributed by atoms with Crippen LogP contribution >= 0.6 is 0 Å². The standard InChI is InChI=1S/C22H23F3N4O/c1-3-4-13-30-18-11-9-17(10-12-18)28-21-26-14-19(22(23,24)25)20(29-21)27-16-7-5-15(2)6-8-16/h5-12,14H,3-4,13H2,1-2H3,(H2,26,27,28,29). The normalized spacial score (nSPS) is 11.2. The third-order valence-corrected chi connectivity index (χ3v) is 4.29. The number of aryl methyl sites for hydroxylation is 1. The summed E-state index contributed by atoms with van der Waals surface area (Å²) < 4.78 is 45.8. The average Bonchev–Trinajstić information content (AvgIpc) is 2.70. The number of benzene rings is 2. The summed E-state index contributed by atoms with van der Waals surface area (Å²) in [7, 11) is 0. The van der Waals surface area contributed by atoms with Crippen molar-refractivity contribution in [3.8, 4) is 5.75 Å². The number of nitrogens with zero attached hydrogens (tertiary/aromatic N) is 2. The highest BCUT2D eigenvalue weighted by molar-refractivity contribution is 5.63. The fourth-order valence-corrected chi connectivity index (χ4v) is 2.62. The van der Waals surface area contributed by atoms with Crippen molar-refractivity contribution in [2.24, 2.45) is 0 Å². The molecular formula is C22H23F3N4O. The summed E-state index contributed by atoms with van der Waals surface area (Å²) in [5.74, 6) is 0.463. The molecule has 1 aromatic heterocycles. The molecule has 5 nitrogen and oxygen atoms in total. The Bertz CT molecular complexity index is 958. The lowest BCUT2D eigenvalue weighted by atomic mass is 10.2. The number of hydrogen-bond acceptors (Lipinski definition) is 5. The van der Waals surface area contributed by atoms with Crippen LogP contribution in [-0.2, 0) is 6.18 Å². The molecule has 30 heavy (non-hydrogen) atoms. The molecule has 0 saturated carbocycles. The largest absolute Gasteiger partial charge is 0.494 e. The third kappa shape index (κ3) is 5.85. The molecule has 3 rings (SSSR count). The minimum absolute atomic E-state index is 0.0530. The van der Waals surface area contributed by atoms with Crippen molar-refractivity contribution in [1.29, 1.82) is 0 Å². The molecule has 2 aromatic carbocycles. The van der Waals surface area contributed by atoms with Crippen molar-refractivity contribution in [3.05, 3.63) is 65.9 Å². The van der Waals surface area contributed by atoms with Gasteiger partial charge < -0.3 is 15.4 Å². The molecular weight excluding hydrogens is 393 g/mol. The van der Waals surface area contributed by atoms with Crippen molar-refractivity contribution in [2.45, 2.75) is 32.9 Å². The number of aromatic nitrogens is 2. The summed E-state index contributed by atoms with van der Waals surface area (Å²) >= 11 is 0. The van der Waals surface area contributed by atoms with Gasteiger partial charge in [-0.15, -0.1) is 0 Å². The summed E-state index contributed by atoms with van der Waals surface area (Å²) in [6.07, 6.45) is -1.79. The van der Waals surface area contributed by atoms with Crippen molar-refractivity contribution in [3.63, 3.8) is 0 Å². The van der Waals surface area contributed by atoms with Crippen LogP contribution in [0.25, 0.3) is 0 Å². The summed E-state index contributed by atoms with van der Waals surface area (Å²) in [5.41, 5.74) is 1.21. The second-order valence-electron chi connectivity index (χ2n) is 6.80. The van der Waals surface area contributed by atoms with E-state index in [1.165, 1.54) is 0 Å². The van der Waals surface area contributed by atoms with E-state index in [1.807, 2.05) is 6.92 Å². The second kappa shape index (κ2) is 9.47. The predicted molar refractivity (Wildman–Crippen MR) is 112 cm³/mol. The molecule has 0 aliphatic rings. The van der Waals surface area contributed by atoms with Gasteiger partial charge in [-0.05, 0) is 49.7 Å². The molecule has 0 saturated heterocycles. The maximum absolute atomic E-state index is 13.4. The maximum Gasteiger partial charge on any atom is 0.421 e. The number of unbranched alkanes of at least 4 members (excludes halogenated alkanes) is 1. The zero-order valence-electron chi connectivity index (χ0n) is 16.8. The van der Waals surface area contributed by atoms with Crippen molar-refractivity contribution >= 4 is 23.1 Å². The molecule has 0 fully saturated rings. The first-order chi connectivity index (χ1) is 14.3. The number of alkyl halides is 3. The van der Waals surface area contributed by atoms with Crippen LogP contribution in [0.3, 0.4) is 0 Å². The highest BCUT2D eigenvalue weighted by Crippen LogP contribution is 2.35. The Morgan fingerprint density at radius 1 is 0.933 bits per heavy atom. The molecule has 0 aliphatic carbocycles. The first-order valence-electron chi connectivity index (χ1n) is 9.63. The minimum atomic E-state index is -4.58. The monoisotopic (exact) mass is 416 g/mol. The maximum atomic E-state index is 13.4. The van der Waals surface area contributed by atoms with E-state index >= 15 is 0 Å². The van der Waals surface area contributed by atoms with Gasteiger partial charge in [0.1, 0.15) is 17.1 Å². The number of anilines is 4. The Kier molecular flexibility index (Phi) is 6.76. The Labute approximate surface area is 173 Å². The van der Waals surface area contributed by atoms with Gasteiger partial charge in [0.15, 0.2) is 0 Å². The average molecular weight is 416 g/mol. The lowest BCUT2D eigenvalue weighted by Gasteiger charge is -2.15. The van der Waals surface area contributed by atoms with Gasteiger partial charge in [-0.25, -0.2) is 4.98 Å². The van der Waals surface area contributed by atoms with Crippen molar-refractivity contribution < 1.29 is 17.9 Å². The molecule has 3 aromatic rings. The molecule has 2 N–H and O–H groups in total. The van der Waals surface area contributed by atoms with Crippen LogP contribution < -0.4 is 15.4 Å². The smallest absolute Gasteiger partial charge is 0.421 e. The number of ether oxygens (including phenoxy) is 1. The lowest BCUT2D eigenvalue weighted by molar-refractivity contribution is -0.137. The van der Waals surface area contributed by atoms with Crippen LogP contribution in [-0.4, -0.2) is 16.6 Å². The highest BCUT2D eigenvalue weighted by atomic mass is 19.4. The van der Waals surface area contributed by atoms with Crippen LogP contribution in [0, 0.1) is 6.92 Å². The van der Waals surface area contributed by atoms with Gasteiger partial charge in [0.05, 0.1) is 6.61 Å².